The largest absolute Gasteiger partial charge is 0.409 e. The lowest BCUT2D eigenvalue weighted by atomic mass is 10.2. The number of aromatic nitrogens is 1. The van der Waals surface area contributed by atoms with Crippen LogP contribution in [0.1, 0.15) is 10.4 Å². The fourth-order valence-corrected chi connectivity index (χ4v) is 0.927. The Morgan fingerprint density at radius 2 is 2.23 bits per heavy atom. The Bertz CT molecular complexity index is 298. The van der Waals surface area contributed by atoms with E-state index < -0.39 is 0 Å². The van der Waals surface area contributed by atoms with Crippen LogP contribution < -0.4 is 4.18 Å². The van der Waals surface area contributed by atoms with Crippen molar-refractivity contribution in [1.29, 1.82) is 0 Å². The van der Waals surface area contributed by atoms with E-state index in [-0.39, 0.29) is 5.91 Å². The van der Waals surface area contributed by atoms with Crippen LogP contribution in [0.15, 0.2) is 18.3 Å². The third-order valence-electron chi connectivity index (χ3n) is 1.48. The molecule has 1 amide bonds. The van der Waals surface area contributed by atoms with Gasteiger partial charge in [-0.05, 0) is 6.07 Å². The summed E-state index contributed by atoms with van der Waals surface area (Å²) in [5, 5.41) is 0. The summed E-state index contributed by atoms with van der Waals surface area (Å²) in [6.07, 6.45) is 1.45. The summed E-state index contributed by atoms with van der Waals surface area (Å²) < 4.78 is 4.57. The van der Waals surface area contributed by atoms with E-state index in [9.17, 15) is 4.79 Å². The lowest BCUT2D eigenvalue weighted by Crippen LogP contribution is -2.21. The Morgan fingerprint density at radius 1 is 1.54 bits per heavy atom. The smallest absolute Gasteiger partial charge is 0.254 e. The van der Waals surface area contributed by atoms with Gasteiger partial charge in [-0.15, -0.1) is 0 Å². The minimum Gasteiger partial charge on any atom is -0.409 e. The highest BCUT2D eigenvalue weighted by atomic mass is 32.1. The Hall–Kier alpha value is -1.23. The molecule has 0 N–H and O–H groups in total. The van der Waals surface area contributed by atoms with Crippen molar-refractivity contribution in [3.63, 3.8) is 0 Å². The zero-order valence-electron chi connectivity index (χ0n) is 7.39. The average molecular weight is 198 g/mol. The maximum atomic E-state index is 11.4. The molecule has 0 fully saturated rings. The molecule has 1 aromatic rings. The predicted octanol–water partition coefficient (Wildman–Crippen LogP) is 1.01. The molecule has 1 rings (SSSR count). The van der Waals surface area contributed by atoms with Crippen molar-refractivity contribution in [3.8, 4) is 5.88 Å². The number of hydrogen-bond donors (Lipinski definition) is 1. The van der Waals surface area contributed by atoms with E-state index in [2.05, 4.69) is 22.1 Å². The lowest BCUT2D eigenvalue weighted by Gasteiger charge is -2.09. The van der Waals surface area contributed by atoms with Crippen LogP contribution in [0.3, 0.4) is 0 Å². The van der Waals surface area contributed by atoms with Gasteiger partial charge in [0, 0.05) is 39.3 Å². The van der Waals surface area contributed by atoms with Crippen LogP contribution in [-0.4, -0.2) is 29.9 Å². The zero-order chi connectivity index (χ0) is 9.84. The van der Waals surface area contributed by atoms with E-state index in [0.717, 1.165) is 0 Å². The topological polar surface area (TPSA) is 42.4 Å². The normalized spacial score (nSPS) is 9.46. The number of nitrogens with zero attached hydrogens (tertiary/aromatic N) is 2. The van der Waals surface area contributed by atoms with Gasteiger partial charge >= 0.3 is 0 Å². The molecule has 1 aromatic heterocycles. The van der Waals surface area contributed by atoms with Crippen LogP contribution in [0.2, 0.25) is 0 Å². The SMILES string of the molecule is CN(C)C(=O)c1ccc(OS)nc1. The van der Waals surface area contributed by atoms with Gasteiger partial charge in [0.1, 0.15) is 0 Å². The third kappa shape index (κ3) is 2.35. The molecule has 13 heavy (non-hydrogen) atoms. The fraction of sp³-hybridized carbons (Fsp3) is 0.250. The number of carbonyl (C=O) groups is 1. The first-order valence-electron chi connectivity index (χ1n) is 3.64. The maximum Gasteiger partial charge on any atom is 0.254 e. The van der Waals surface area contributed by atoms with Crippen LogP contribution in [0.4, 0.5) is 0 Å². The van der Waals surface area contributed by atoms with E-state index in [1.165, 1.54) is 11.1 Å². The lowest BCUT2D eigenvalue weighted by molar-refractivity contribution is 0.0827. The molecule has 0 unspecified atom stereocenters. The monoisotopic (exact) mass is 198 g/mol. The summed E-state index contributed by atoms with van der Waals surface area (Å²) in [6.45, 7) is 0. The van der Waals surface area contributed by atoms with Crippen molar-refractivity contribution >= 4 is 18.8 Å². The quantitative estimate of drug-likeness (QED) is 0.569. The Labute approximate surface area is 82.1 Å². The van der Waals surface area contributed by atoms with Crippen molar-refractivity contribution in [2.24, 2.45) is 0 Å². The highest BCUT2D eigenvalue weighted by Gasteiger charge is 2.07. The van der Waals surface area contributed by atoms with Crippen molar-refractivity contribution in [3.05, 3.63) is 23.9 Å². The zero-order valence-corrected chi connectivity index (χ0v) is 8.28. The summed E-state index contributed by atoms with van der Waals surface area (Å²) in [5.41, 5.74) is 0.527. The number of hydrogen-bond acceptors (Lipinski definition) is 4. The van der Waals surface area contributed by atoms with Gasteiger partial charge in [0.2, 0.25) is 5.88 Å². The van der Waals surface area contributed by atoms with Crippen molar-refractivity contribution in [2.75, 3.05) is 14.1 Å². The Kier molecular flexibility index (Phi) is 3.13. The number of thiol groups is 1. The summed E-state index contributed by atoms with van der Waals surface area (Å²) >= 11 is 3.58. The molecule has 0 radical (unpaired) electrons. The summed E-state index contributed by atoms with van der Waals surface area (Å²) in [5.74, 6) is 0.289. The van der Waals surface area contributed by atoms with Crippen LogP contribution in [0.25, 0.3) is 0 Å². The van der Waals surface area contributed by atoms with Crippen molar-refractivity contribution < 1.29 is 8.98 Å². The maximum absolute atomic E-state index is 11.4. The second-order valence-corrected chi connectivity index (χ2v) is 2.86. The van der Waals surface area contributed by atoms with E-state index in [1.54, 1.807) is 26.2 Å². The van der Waals surface area contributed by atoms with E-state index >= 15 is 0 Å². The first-order chi connectivity index (χ1) is 6.15. The van der Waals surface area contributed by atoms with Gasteiger partial charge < -0.3 is 9.08 Å². The standard InChI is InChI=1S/C8H10N2O2S/c1-10(2)8(11)6-3-4-7(12-13)9-5-6/h3-5,13H,1-2H3. The Morgan fingerprint density at radius 3 is 2.62 bits per heavy atom. The molecule has 0 saturated carbocycles. The minimum absolute atomic E-state index is 0.0850. The molecule has 0 saturated heterocycles. The van der Waals surface area contributed by atoms with Crippen LogP contribution in [0, 0.1) is 0 Å². The molecule has 0 aromatic carbocycles. The van der Waals surface area contributed by atoms with Gasteiger partial charge in [-0.2, -0.15) is 0 Å². The van der Waals surface area contributed by atoms with Gasteiger partial charge in [0.25, 0.3) is 5.91 Å². The van der Waals surface area contributed by atoms with Gasteiger partial charge in [-0.25, -0.2) is 4.98 Å². The third-order valence-corrected chi connectivity index (χ3v) is 1.67. The van der Waals surface area contributed by atoms with Gasteiger partial charge in [-0.1, -0.05) is 0 Å². The number of pyridine rings is 1. The molecule has 0 aliphatic heterocycles. The van der Waals surface area contributed by atoms with Gasteiger partial charge in [-0.3, -0.25) is 4.79 Å². The van der Waals surface area contributed by atoms with Gasteiger partial charge in [0.15, 0.2) is 0 Å². The molecule has 0 bridgehead atoms. The van der Waals surface area contributed by atoms with Crippen molar-refractivity contribution in [1.82, 2.24) is 9.88 Å². The first-order valence-corrected chi connectivity index (χ1v) is 4.01. The highest BCUT2D eigenvalue weighted by Crippen LogP contribution is 2.09. The molecule has 0 atom stereocenters. The van der Waals surface area contributed by atoms with Gasteiger partial charge in [0.05, 0.1) is 5.56 Å². The molecule has 0 spiro atoms. The van der Waals surface area contributed by atoms with E-state index in [0.29, 0.717) is 11.4 Å². The number of rotatable bonds is 2. The Balaban J connectivity index is 2.86. The highest BCUT2D eigenvalue weighted by molar-refractivity contribution is 7.75. The van der Waals surface area contributed by atoms with Crippen LogP contribution in [0.5, 0.6) is 5.88 Å². The summed E-state index contributed by atoms with van der Waals surface area (Å²) in [7, 11) is 3.37. The fourth-order valence-electron chi connectivity index (χ4n) is 0.819. The molecular formula is C8H10N2O2S. The molecule has 0 aliphatic rings. The molecule has 70 valence electrons. The number of carbonyl (C=O) groups excluding carboxylic acids is 1. The minimum atomic E-state index is -0.0850. The number of amides is 1. The second-order valence-electron chi connectivity index (χ2n) is 2.68. The first kappa shape index (κ1) is 9.85. The molecule has 1 heterocycles. The molecule has 4 nitrogen and oxygen atoms in total. The summed E-state index contributed by atoms with van der Waals surface area (Å²) in [4.78, 5) is 16.7. The van der Waals surface area contributed by atoms with Crippen LogP contribution >= 0.6 is 12.9 Å². The summed E-state index contributed by atoms with van der Waals surface area (Å²) in [6, 6.07) is 3.23. The second kappa shape index (κ2) is 4.13. The average Bonchev–Trinajstić information content (AvgIpc) is 2.17. The van der Waals surface area contributed by atoms with E-state index in [1.807, 2.05) is 0 Å². The van der Waals surface area contributed by atoms with Crippen molar-refractivity contribution in [2.45, 2.75) is 0 Å². The molecule has 0 aliphatic carbocycles. The predicted molar refractivity (Wildman–Crippen MR) is 51.9 cm³/mol. The van der Waals surface area contributed by atoms with Crippen LogP contribution in [-0.2, 0) is 0 Å². The molecule has 5 heteroatoms. The molecular weight excluding hydrogens is 188 g/mol. The van der Waals surface area contributed by atoms with E-state index in [4.69, 9.17) is 0 Å².